The minimum absolute atomic E-state index is 0.913. The van der Waals surface area contributed by atoms with Crippen LogP contribution in [0.1, 0.15) is 0 Å². The van der Waals surface area contributed by atoms with Gasteiger partial charge in [-0.25, -0.2) is 0 Å². The zero-order valence-corrected chi connectivity index (χ0v) is 7.61. The summed E-state index contributed by atoms with van der Waals surface area (Å²) in [5, 5.41) is 1.96. The fourth-order valence-corrected chi connectivity index (χ4v) is 1.77. The third kappa shape index (κ3) is 1.24. The molecular weight excluding hydrogens is 236 g/mol. The molecule has 0 aliphatic carbocycles. The lowest BCUT2D eigenvalue weighted by molar-refractivity contribution is 0.226. The zero-order chi connectivity index (χ0) is 6.15. The predicted molar refractivity (Wildman–Crippen MR) is 40.4 cm³/mol. The van der Waals surface area contributed by atoms with Crippen LogP contribution in [0.5, 0.6) is 0 Å². The van der Waals surface area contributed by atoms with Crippen molar-refractivity contribution in [2.45, 2.75) is 0 Å². The highest BCUT2D eigenvalue weighted by Gasteiger charge is 2.12. The van der Waals surface area contributed by atoms with Crippen LogP contribution in [0.3, 0.4) is 0 Å². The van der Waals surface area contributed by atoms with Crippen molar-refractivity contribution in [2.75, 3.05) is 13.6 Å². The highest BCUT2D eigenvalue weighted by atomic mass is 79.9. The molecule has 0 radical (unpaired) electrons. The Morgan fingerprint density at radius 1 is 1.75 bits per heavy atom. The van der Waals surface area contributed by atoms with E-state index in [2.05, 4.69) is 32.1 Å². The van der Waals surface area contributed by atoms with Crippen molar-refractivity contribution in [3.05, 3.63) is 10.7 Å². The van der Waals surface area contributed by atoms with Crippen LogP contribution < -0.4 is 0 Å². The van der Waals surface area contributed by atoms with Gasteiger partial charge < -0.3 is 5.01 Å². The van der Waals surface area contributed by atoms with Crippen molar-refractivity contribution in [3.63, 3.8) is 0 Å². The van der Waals surface area contributed by atoms with Crippen LogP contribution in [-0.2, 0) is 0 Å². The Bertz CT molecular complexity index is 123. The van der Waals surface area contributed by atoms with Gasteiger partial charge >= 0.3 is 0 Å². The van der Waals surface area contributed by atoms with Crippen LogP contribution in [-0.4, -0.2) is 22.6 Å². The van der Waals surface area contributed by atoms with Crippen LogP contribution in [0.4, 0.5) is 0 Å². The molecule has 2 nitrogen and oxygen atoms in total. The Morgan fingerprint density at radius 2 is 2.38 bits per heavy atom. The number of halogens is 2. The van der Waals surface area contributed by atoms with E-state index in [1.54, 1.807) is 0 Å². The van der Waals surface area contributed by atoms with Crippen molar-refractivity contribution in [1.29, 1.82) is 0 Å². The van der Waals surface area contributed by atoms with Crippen molar-refractivity contribution in [3.8, 4) is 0 Å². The molecular formula is C4H6Br2N2. The number of hydrogen-bond acceptors (Lipinski definition) is 2. The fraction of sp³-hybridized carbons (Fsp3) is 0.500. The van der Waals surface area contributed by atoms with Gasteiger partial charge in [-0.1, -0.05) is 15.9 Å². The van der Waals surface area contributed by atoms with Gasteiger partial charge in [0, 0.05) is 33.9 Å². The summed E-state index contributed by atoms with van der Waals surface area (Å²) in [4.78, 5) is 0. The quantitative estimate of drug-likeness (QED) is 0.596. The first kappa shape index (κ1) is 6.58. The molecule has 0 spiro atoms. The Labute approximate surface area is 65.6 Å². The average Bonchev–Trinajstić information content (AvgIpc) is 1.85. The largest absolute Gasteiger partial charge is 0.305 e. The SMILES string of the molecule is CN1C=C(Br)CN1Br. The van der Waals surface area contributed by atoms with Gasteiger partial charge in [-0.05, 0) is 0 Å². The first-order chi connectivity index (χ1) is 3.70. The van der Waals surface area contributed by atoms with Crippen LogP contribution in [0.25, 0.3) is 0 Å². The molecule has 0 bridgehead atoms. The van der Waals surface area contributed by atoms with E-state index in [9.17, 15) is 0 Å². The maximum absolute atomic E-state index is 3.37. The van der Waals surface area contributed by atoms with Gasteiger partial charge in [-0.15, -0.1) is 0 Å². The molecule has 0 atom stereocenters. The van der Waals surface area contributed by atoms with Gasteiger partial charge in [0.25, 0.3) is 0 Å². The highest BCUT2D eigenvalue weighted by molar-refractivity contribution is 9.11. The molecule has 1 heterocycles. The van der Waals surface area contributed by atoms with Crippen LogP contribution >= 0.6 is 32.1 Å². The van der Waals surface area contributed by atoms with Gasteiger partial charge in [-0.3, -0.25) is 0 Å². The third-order valence-corrected chi connectivity index (χ3v) is 2.16. The van der Waals surface area contributed by atoms with E-state index < -0.39 is 0 Å². The molecule has 0 saturated heterocycles. The Kier molecular flexibility index (Phi) is 1.95. The second-order valence-electron chi connectivity index (χ2n) is 1.64. The standard InChI is InChI=1S/C4H6Br2N2/c1-7-2-4(5)3-8(7)6/h2H,3H2,1H3. The van der Waals surface area contributed by atoms with E-state index in [1.807, 2.05) is 22.3 Å². The molecule has 4 heteroatoms. The lowest BCUT2D eigenvalue weighted by Gasteiger charge is -2.15. The minimum atomic E-state index is 0.913. The van der Waals surface area contributed by atoms with Crippen molar-refractivity contribution in [1.82, 2.24) is 9.04 Å². The number of rotatable bonds is 0. The Morgan fingerprint density at radius 3 is 2.50 bits per heavy atom. The van der Waals surface area contributed by atoms with E-state index in [0.29, 0.717) is 0 Å². The van der Waals surface area contributed by atoms with E-state index >= 15 is 0 Å². The Hall–Kier alpha value is 0.460. The molecule has 0 saturated carbocycles. The molecule has 0 N–H and O–H groups in total. The molecule has 0 aromatic carbocycles. The lowest BCUT2D eigenvalue weighted by atomic mass is 10.7. The minimum Gasteiger partial charge on any atom is -0.305 e. The lowest BCUT2D eigenvalue weighted by Crippen LogP contribution is -2.21. The highest BCUT2D eigenvalue weighted by Crippen LogP contribution is 2.20. The summed E-state index contributed by atoms with van der Waals surface area (Å²) in [6.07, 6.45) is 2.01. The van der Waals surface area contributed by atoms with Crippen LogP contribution in [0, 0.1) is 0 Å². The number of nitrogens with zero attached hydrogens (tertiary/aromatic N) is 2. The van der Waals surface area contributed by atoms with E-state index in [-0.39, 0.29) is 0 Å². The van der Waals surface area contributed by atoms with Gasteiger partial charge in [0.05, 0.1) is 6.54 Å². The smallest absolute Gasteiger partial charge is 0.0631 e. The molecule has 8 heavy (non-hydrogen) atoms. The molecule has 1 rings (SSSR count). The molecule has 1 aliphatic rings. The van der Waals surface area contributed by atoms with E-state index in [0.717, 1.165) is 6.54 Å². The zero-order valence-electron chi connectivity index (χ0n) is 4.43. The molecule has 0 aromatic heterocycles. The van der Waals surface area contributed by atoms with Gasteiger partial charge in [-0.2, -0.15) is 4.03 Å². The summed E-state index contributed by atoms with van der Waals surface area (Å²) in [5.41, 5.74) is 0. The van der Waals surface area contributed by atoms with E-state index in [4.69, 9.17) is 0 Å². The molecule has 0 aromatic rings. The van der Waals surface area contributed by atoms with Crippen LogP contribution in [0.15, 0.2) is 10.7 Å². The van der Waals surface area contributed by atoms with Gasteiger partial charge in [0.1, 0.15) is 0 Å². The molecule has 46 valence electrons. The monoisotopic (exact) mass is 240 g/mol. The normalized spacial score (nSPS) is 21.9. The fourth-order valence-electron chi connectivity index (χ4n) is 0.542. The predicted octanol–water partition coefficient (Wildman–Crippen LogP) is 1.70. The number of hydrogen-bond donors (Lipinski definition) is 0. The maximum atomic E-state index is 3.37. The summed E-state index contributed by atoms with van der Waals surface area (Å²) in [6.45, 7) is 0.913. The maximum Gasteiger partial charge on any atom is 0.0631 e. The molecule has 1 aliphatic heterocycles. The second kappa shape index (κ2) is 2.37. The first-order valence-corrected chi connectivity index (χ1v) is 3.72. The molecule has 0 amide bonds. The summed E-state index contributed by atoms with van der Waals surface area (Å²) >= 11 is 6.69. The second-order valence-corrected chi connectivity index (χ2v) is 3.48. The van der Waals surface area contributed by atoms with Crippen LogP contribution in [0.2, 0.25) is 0 Å². The first-order valence-electron chi connectivity index (χ1n) is 2.22. The third-order valence-electron chi connectivity index (χ3n) is 0.951. The van der Waals surface area contributed by atoms with Crippen molar-refractivity contribution >= 4 is 32.1 Å². The van der Waals surface area contributed by atoms with Gasteiger partial charge in [0.2, 0.25) is 0 Å². The topological polar surface area (TPSA) is 6.48 Å². The average molecular weight is 242 g/mol. The van der Waals surface area contributed by atoms with Gasteiger partial charge in [0.15, 0.2) is 0 Å². The molecule has 0 unspecified atom stereocenters. The summed E-state index contributed by atoms with van der Waals surface area (Å²) in [6, 6.07) is 0. The Balaban J connectivity index is 2.56. The summed E-state index contributed by atoms with van der Waals surface area (Å²) < 4.78 is 3.12. The molecule has 0 fully saturated rings. The van der Waals surface area contributed by atoms with E-state index in [1.165, 1.54) is 4.48 Å². The van der Waals surface area contributed by atoms with Crippen molar-refractivity contribution in [2.24, 2.45) is 0 Å². The van der Waals surface area contributed by atoms with Crippen molar-refractivity contribution < 1.29 is 0 Å². The number of hydrazine groups is 1. The summed E-state index contributed by atoms with van der Waals surface area (Å²) in [5.74, 6) is 0. The summed E-state index contributed by atoms with van der Waals surface area (Å²) in [7, 11) is 1.98.